The van der Waals surface area contributed by atoms with Crippen LogP contribution in [0, 0.1) is 5.92 Å². The van der Waals surface area contributed by atoms with E-state index in [2.05, 4.69) is 26.2 Å². The van der Waals surface area contributed by atoms with Gasteiger partial charge in [0.25, 0.3) is 5.91 Å². The van der Waals surface area contributed by atoms with Gasteiger partial charge in [0.05, 0.1) is 18.6 Å². The summed E-state index contributed by atoms with van der Waals surface area (Å²) in [6.45, 7) is 3.87. The number of esters is 1. The Bertz CT molecular complexity index is 580. The normalized spacial score (nSPS) is 11.5. The van der Waals surface area contributed by atoms with Crippen molar-refractivity contribution >= 4 is 33.7 Å². The topological polar surface area (TPSA) is 88.6 Å². The van der Waals surface area contributed by atoms with Crippen LogP contribution in [0.25, 0.3) is 0 Å². The molecule has 0 aliphatic carbocycles. The molecule has 0 aliphatic heterocycles. The number of carbonyl (C=O) groups excluding carboxylic acids is 3. The van der Waals surface area contributed by atoms with E-state index < -0.39 is 11.9 Å². The third-order valence-corrected chi connectivity index (χ3v) is 3.53. The number of pyridine rings is 1. The van der Waals surface area contributed by atoms with E-state index in [1.807, 2.05) is 0 Å². The minimum Gasteiger partial charge on any atom is -0.469 e. The van der Waals surface area contributed by atoms with Crippen molar-refractivity contribution in [3.05, 3.63) is 28.5 Å². The van der Waals surface area contributed by atoms with Gasteiger partial charge in [0.2, 0.25) is 5.91 Å². The molecule has 0 saturated heterocycles. The number of carbonyl (C=O) groups is 3. The van der Waals surface area contributed by atoms with E-state index in [4.69, 9.17) is 4.74 Å². The smallest absolute Gasteiger partial charge is 0.310 e. The summed E-state index contributed by atoms with van der Waals surface area (Å²) >= 11 is 3.27. The van der Waals surface area contributed by atoms with E-state index in [1.54, 1.807) is 19.2 Å². The van der Waals surface area contributed by atoms with Crippen LogP contribution in [0.4, 0.5) is 0 Å². The van der Waals surface area contributed by atoms with Gasteiger partial charge in [0, 0.05) is 43.4 Å². The van der Waals surface area contributed by atoms with Crippen molar-refractivity contribution in [3.8, 4) is 0 Å². The number of nitrogens with zero attached hydrogens (tertiary/aromatic N) is 2. The highest BCUT2D eigenvalue weighted by atomic mass is 79.9. The molecule has 7 nitrogen and oxygen atoms in total. The molecular weight excluding hydrogens is 366 g/mol. The highest BCUT2D eigenvalue weighted by Crippen LogP contribution is 2.13. The maximum absolute atomic E-state index is 12.6. The van der Waals surface area contributed by atoms with Gasteiger partial charge < -0.3 is 15.0 Å². The highest BCUT2D eigenvalue weighted by molar-refractivity contribution is 9.10. The second-order valence-electron chi connectivity index (χ2n) is 5.05. The molecule has 126 valence electrons. The number of rotatable bonds is 7. The first-order valence-electron chi connectivity index (χ1n) is 7.07. The molecule has 0 fully saturated rings. The summed E-state index contributed by atoms with van der Waals surface area (Å²) < 4.78 is 5.38. The first-order chi connectivity index (χ1) is 10.8. The minimum atomic E-state index is -0.471. The molecule has 0 aromatic carbocycles. The molecule has 1 heterocycles. The van der Waals surface area contributed by atoms with Gasteiger partial charge in [-0.15, -0.1) is 0 Å². The Morgan fingerprint density at radius 2 is 2.09 bits per heavy atom. The zero-order chi connectivity index (χ0) is 17.4. The van der Waals surface area contributed by atoms with Gasteiger partial charge in [-0.25, -0.2) is 0 Å². The van der Waals surface area contributed by atoms with Crippen LogP contribution in [0.5, 0.6) is 0 Å². The summed E-state index contributed by atoms with van der Waals surface area (Å²) in [5, 5.41) is 2.64. The van der Waals surface area contributed by atoms with Gasteiger partial charge in [-0.05, 0) is 22.0 Å². The predicted molar refractivity (Wildman–Crippen MR) is 87.7 cm³/mol. The zero-order valence-corrected chi connectivity index (χ0v) is 14.9. The van der Waals surface area contributed by atoms with Crippen molar-refractivity contribution in [1.82, 2.24) is 15.2 Å². The number of hydrogen-bond acceptors (Lipinski definition) is 5. The van der Waals surface area contributed by atoms with Gasteiger partial charge in [0.15, 0.2) is 0 Å². The molecule has 0 radical (unpaired) electrons. The predicted octanol–water partition coefficient (Wildman–Crippen LogP) is 1.23. The minimum absolute atomic E-state index is 0.178. The van der Waals surface area contributed by atoms with Crippen molar-refractivity contribution in [2.24, 2.45) is 5.92 Å². The summed E-state index contributed by atoms with van der Waals surface area (Å²) in [5.74, 6) is -1.31. The number of nitrogens with one attached hydrogen (secondary N) is 1. The second kappa shape index (κ2) is 9.24. The lowest BCUT2D eigenvalue weighted by Crippen LogP contribution is -2.41. The fraction of sp³-hybridized carbons (Fsp3) is 0.467. The van der Waals surface area contributed by atoms with Crippen LogP contribution in [0.3, 0.4) is 0 Å². The van der Waals surface area contributed by atoms with Crippen molar-refractivity contribution in [1.29, 1.82) is 0 Å². The SMILES string of the molecule is COC(=O)C(C)CN(CCNC(C)=O)C(=O)c1cncc(Br)c1. The number of halogens is 1. The van der Waals surface area contributed by atoms with Crippen LogP contribution in [0.15, 0.2) is 22.9 Å². The third-order valence-electron chi connectivity index (χ3n) is 3.09. The molecule has 1 N–H and O–H groups in total. The largest absolute Gasteiger partial charge is 0.469 e. The monoisotopic (exact) mass is 385 g/mol. The summed E-state index contributed by atoms with van der Waals surface area (Å²) in [5.41, 5.74) is 0.402. The number of ether oxygens (including phenoxy) is 1. The van der Waals surface area contributed by atoms with Gasteiger partial charge in [-0.1, -0.05) is 6.92 Å². The van der Waals surface area contributed by atoms with Crippen LogP contribution in [0.1, 0.15) is 24.2 Å². The van der Waals surface area contributed by atoms with Gasteiger partial charge >= 0.3 is 5.97 Å². The standard InChI is InChI=1S/C15H20BrN3O4/c1-10(15(22)23-3)9-19(5-4-18-11(2)20)14(21)12-6-13(16)8-17-7-12/h6-8,10H,4-5,9H2,1-3H3,(H,18,20). The molecule has 1 aromatic rings. The summed E-state index contributed by atoms with van der Waals surface area (Å²) in [7, 11) is 1.31. The van der Waals surface area contributed by atoms with Crippen LogP contribution in [-0.2, 0) is 14.3 Å². The Morgan fingerprint density at radius 3 is 2.65 bits per heavy atom. The second-order valence-corrected chi connectivity index (χ2v) is 5.97. The molecule has 2 amide bonds. The van der Waals surface area contributed by atoms with Gasteiger partial charge in [-0.3, -0.25) is 19.4 Å². The van der Waals surface area contributed by atoms with Gasteiger partial charge in [-0.2, -0.15) is 0 Å². The maximum atomic E-state index is 12.6. The lowest BCUT2D eigenvalue weighted by atomic mass is 10.1. The van der Waals surface area contributed by atoms with Crippen LogP contribution >= 0.6 is 15.9 Å². The third kappa shape index (κ3) is 6.35. The maximum Gasteiger partial charge on any atom is 0.310 e. The van der Waals surface area contributed by atoms with E-state index in [0.717, 1.165) is 0 Å². The lowest BCUT2D eigenvalue weighted by Gasteiger charge is -2.25. The highest BCUT2D eigenvalue weighted by Gasteiger charge is 2.22. The van der Waals surface area contributed by atoms with E-state index in [1.165, 1.54) is 25.1 Å². The van der Waals surface area contributed by atoms with Crippen molar-refractivity contribution in [2.75, 3.05) is 26.7 Å². The van der Waals surface area contributed by atoms with Crippen LogP contribution < -0.4 is 5.32 Å². The average Bonchev–Trinajstić information content (AvgIpc) is 2.51. The first-order valence-corrected chi connectivity index (χ1v) is 7.86. The molecule has 8 heteroatoms. The van der Waals surface area contributed by atoms with E-state index in [0.29, 0.717) is 16.6 Å². The fourth-order valence-electron chi connectivity index (χ4n) is 1.96. The molecule has 1 rings (SSSR count). The Hall–Kier alpha value is -1.96. The molecule has 0 aliphatic rings. The summed E-state index contributed by atoms with van der Waals surface area (Å²) in [4.78, 5) is 40.7. The summed E-state index contributed by atoms with van der Waals surface area (Å²) in [6.07, 6.45) is 3.04. The molecule has 1 atom stereocenters. The first kappa shape index (κ1) is 19.1. The van der Waals surface area contributed by atoms with E-state index in [-0.39, 0.29) is 24.9 Å². The Morgan fingerprint density at radius 1 is 1.39 bits per heavy atom. The number of amides is 2. The molecule has 1 aromatic heterocycles. The Labute approximate surface area is 143 Å². The lowest BCUT2D eigenvalue weighted by molar-refractivity contribution is -0.145. The van der Waals surface area contributed by atoms with Crippen LogP contribution in [0.2, 0.25) is 0 Å². The van der Waals surface area contributed by atoms with E-state index >= 15 is 0 Å². The molecule has 0 bridgehead atoms. The number of hydrogen-bond donors (Lipinski definition) is 1. The molecule has 0 saturated carbocycles. The molecule has 0 spiro atoms. The van der Waals surface area contributed by atoms with Crippen molar-refractivity contribution in [3.63, 3.8) is 0 Å². The zero-order valence-electron chi connectivity index (χ0n) is 13.3. The Balaban J connectivity index is 2.86. The van der Waals surface area contributed by atoms with Crippen molar-refractivity contribution in [2.45, 2.75) is 13.8 Å². The number of methoxy groups -OCH3 is 1. The van der Waals surface area contributed by atoms with Crippen molar-refractivity contribution < 1.29 is 19.1 Å². The quantitative estimate of drug-likeness (QED) is 0.713. The van der Waals surface area contributed by atoms with Crippen LogP contribution in [-0.4, -0.2) is 54.4 Å². The summed E-state index contributed by atoms with van der Waals surface area (Å²) in [6, 6.07) is 1.66. The van der Waals surface area contributed by atoms with E-state index in [9.17, 15) is 14.4 Å². The Kier molecular flexibility index (Phi) is 7.67. The van der Waals surface area contributed by atoms with Gasteiger partial charge in [0.1, 0.15) is 0 Å². The fourth-order valence-corrected chi connectivity index (χ4v) is 2.33. The number of aromatic nitrogens is 1. The molecule has 23 heavy (non-hydrogen) atoms. The average molecular weight is 386 g/mol. The molecule has 1 unspecified atom stereocenters. The molecular formula is C15H20BrN3O4.